The van der Waals surface area contributed by atoms with Crippen LogP contribution >= 0.6 is 0 Å². The molecule has 0 saturated carbocycles. The molecule has 0 aromatic heterocycles. The van der Waals surface area contributed by atoms with Gasteiger partial charge in [0.1, 0.15) is 18.0 Å². The largest absolute Gasteiger partial charge is 0.491 e. The molecule has 5 nitrogen and oxygen atoms in total. The fourth-order valence-corrected chi connectivity index (χ4v) is 3.35. The first-order valence-electron chi connectivity index (χ1n) is 9.29. The van der Waals surface area contributed by atoms with E-state index in [9.17, 15) is 9.90 Å². The number of likely N-dealkylation sites (N-methyl/N-ethyl adjacent to an activating group) is 1. The zero-order valence-corrected chi connectivity index (χ0v) is 16.0. The van der Waals surface area contributed by atoms with Crippen molar-refractivity contribution in [1.82, 2.24) is 9.80 Å². The zero-order chi connectivity index (χ0) is 18.4. The summed E-state index contributed by atoms with van der Waals surface area (Å²) in [6.45, 7) is 11.5. The topological polar surface area (TPSA) is 53.0 Å². The number of amides is 1. The zero-order valence-electron chi connectivity index (χ0n) is 16.0. The lowest BCUT2D eigenvalue weighted by Crippen LogP contribution is -2.54. The number of likely N-dealkylation sites (tertiary alicyclic amines) is 1. The summed E-state index contributed by atoms with van der Waals surface area (Å²) in [5.41, 5.74) is 1.50. The van der Waals surface area contributed by atoms with Gasteiger partial charge in [-0.3, -0.25) is 9.69 Å². The number of benzene rings is 1. The number of hydrogen-bond acceptors (Lipinski definition) is 4. The molecule has 25 heavy (non-hydrogen) atoms. The smallest absolute Gasteiger partial charge is 0.236 e. The van der Waals surface area contributed by atoms with E-state index in [1.54, 1.807) is 0 Å². The number of piperidine rings is 1. The molecule has 140 valence electrons. The molecule has 1 aromatic rings. The minimum atomic E-state index is -0.902. The Labute approximate surface area is 151 Å². The minimum Gasteiger partial charge on any atom is -0.491 e. The van der Waals surface area contributed by atoms with Gasteiger partial charge in [-0.15, -0.1) is 0 Å². The SMILES string of the molecule is CCN(CC)C(=O)CN1CCCC(O)(COc2ccc(C)c(C)c2)C1. The molecule has 0 spiro atoms. The van der Waals surface area contributed by atoms with Crippen LogP contribution in [-0.4, -0.2) is 65.7 Å². The number of β-amino-alcohol motifs (C(OH)–C–C–N with tert-alkyl or cyclic N) is 1. The van der Waals surface area contributed by atoms with Crippen molar-refractivity contribution < 1.29 is 14.6 Å². The summed E-state index contributed by atoms with van der Waals surface area (Å²) in [7, 11) is 0. The normalized spacial score (nSPS) is 21.2. The van der Waals surface area contributed by atoms with Crippen molar-refractivity contribution in [2.75, 3.05) is 39.3 Å². The fraction of sp³-hybridized carbons (Fsp3) is 0.650. The van der Waals surface area contributed by atoms with Crippen LogP contribution in [0.5, 0.6) is 5.75 Å². The Hall–Kier alpha value is -1.59. The summed E-state index contributed by atoms with van der Waals surface area (Å²) in [5.74, 6) is 0.914. The van der Waals surface area contributed by atoms with E-state index in [2.05, 4.69) is 13.8 Å². The van der Waals surface area contributed by atoms with Crippen molar-refractivity contribution in [2.45, 2.75) is 46.1 Å². The first kappa shape index (κ1) is 19.7. The van der Waals surface area contributed by atoms with Gasteiger partial charge >= 0.3 is 0 Å². The molecule has 1 fully saturated rings. The molecule has 1 aliphatic heterocycles. The number of nitrogens with zero attached hydrogens (tertiary/aromatic N) is 2. The third-order valence-corrected chi connectivity index (χ3v) is 5.10. The van der Waals surface area contributed by atoms with Gasteiger partial charge in [-0.1, -0.05) is 6.07 Å². The van der Waals surface area contributed by atoms with Gasteiger partial charge < -0.3 is 14.7 Å². The van der Waals surface area contributed by atoms with E-state index in [-0.39, 0.29) is 12.5 Å². The number of aryl methyl sites for hydroxylation is 2. The van der Waals surface area contributed by atoms with Crippen LogP contribution in [0.15, 0.2) is 18.2 Å². The van der Waals surface area contributed by atoms with Crippen LogP contribution in [0.2, 0.25) is 0 Å². The van der Waals surface area contributed by atoms with Crippen molar-refractivity contribution >= 4 is 5.91 Å². The molecule has 1 unspecified atom stereocenters. The number of hydrogen-bond donors (Lipinski definition) is 1. The maximum Gasteiger partial charge on any atom is 0.236 e. The quantitative estimate of drug-likeness (QED) is 0.822. The second-order valence-electron chi connectivity index (χ2n) is 7.14. The van der Waals surface area contributed by atoms with Gasteiger partial charge in [-0.2, -0.15) is 0 Å². The predicted octanol–water partition coefficient (Wildman–Crippen LogP) is 2.38. The molecule has 0 aliphatic carbocycles. The van der Waals surface area contributed by atoms with Crippen LogP contribution in [0.25, 0.3) is 0 Å². The van der Waals surface area contributed by atoms with E-state index in [1.807, 2.05) is 41.8 Å². The molecule has 1 aliphatic rings. The maximum absolute atomic E-state index is 12.3. The highest BCUT2D eigenvalue weighted by molar-refractivity contribution is 5.78. The summed E-state index contributed by atoms with van der Waals surface area (Å²) in [5, 5.41) is 10.9. The fourth-order valence-electron chi connectivity index (χ4n) is 3.35. The molecule has 1 atom stereocenters. The van der Waals surface area contributed by atoms with Gasteiger partial charge in [-0.25, -0.2) is 0 Å². The summed E-state index contributed by atoms with van der Waals surface area (Å²) in [6, 6.07) is 5.98. The Bertz CT molecular complexity index is 586. The van der Waals surface area contributed by atoms with E-state index >= 15 is 0 Å². The molecule has 1 aromatic carbocycles. The third kappa shape index (κ3) is 5.44. The molecular weight excluding hydrogens is 316 g/mol. The number of carbonyl (C=O) groups excluding carboxylic acids is 1. The lowest BCUT2D eigenvalue weighted by Gasteiger charge is -2.39. The third-order valence-electron chi connectivity index (χ3n) is 5.10. The highest BCUT2D eigenvalue weighted by atomic mass is 16.5. The van der Waals surface area contributed by atoms with Crippen molar-refractivity contribution in [3.05, 3.63) is 29.3 Å². The Morgan fingerprint density at radius 2 is 2.00 bits per heavy atom. The lowest BCUT2D eigenvalue weighted by molar-refractivity contribution is -0.134. The average molecular weight is 348 g/mol. The minimum absolute atomic E-state index is 0.129. The van der Waals surface area contributed by atoms with E-state index in [1.165, 1.54) is 11.1 Å². The van der Waals surface area contributed by atoms with Crippen LogP contribution in [0, 0.1) is 13.8 Å². The van der Waals surface area contributed by atoms with E-state index in [4.69, 9.17) is 4.74 Å². The van der Waals surface area contributed by atoms with E-state index < -0.39 is 5.60 Å². The molecule has 1 saturated heterocycles. The monoisotopic (exact) mass is 348 g/mol. The summed E-state index contributed by atoms with van der Waals surface area (Å²) >= 11 is 0. The van der Waals surface area contributed by atoms with Crippen molar-refractivity contribution in [1.29, 1.82) is 0 Å². The van der Waals surface area contributed by atoms with Gasteiger partial charge in [0.15, 0.2) is 0 Å². The Balaban J connectivity index is 1.91. The van der Waals surface area contributed by atoms with Crippen molar-refractivity contribution in [2.24, 2.45) is 0 Å². The van der Waals surface area contributed by atoms with Crippen molar-refractivity contribution in [3.63, 3.8) is 0 Å². The molecular formula is C20H32N2O3. The second kappa shape index (κ2) is 8.68. The number of ether oxygens (including phenoxy) is 1. The lowest BCUT2D eigenvalue weighted by atomic mass is 9.93. The van der Waals surface area contributed by atoms with Crippen molar-refractivity contribution in [3.8, 4) is 5.75 Å². The van der Waals surface area contributed by atoms with Gasteiger partial charge in [-0.05, 0) is 70.3 Å². The highest BCUT2D eigenvalue weighted by Crippen LogP contribution is 2.24. The Morgan fingerprint density at radius 3 is 2.64 bits per heavy atom. The summed E-state index contributed by atoms with van der Waals surface area (Å²) < 4.78 is 5.86. The number of carbonyl (C=O) groups is 1. The molecule has 1 heterocycles. The first-order valence-corrected chi connectivity index (χ1v) is 9.29. The molecule has 2 rings (SSSR count). The van der Waals surface area contributed by atoms with E-state index in [0.717, 1.165) is 31.8 Å². The van der Waals surface area contributed by atoms with E-state index in [0.29, 0.717) is 19.5 Å². The predicted molar refractivity (Wildman–Crippen MR) is 100.0 cm³/mol. The summed E-state index contributed by atoms with van der Waals surface area (Å²) in [6.07, 6.45) is 1.58. The van der Waals surface area contributed by atoms with Crippen LogP contribution in [0.1, 0.15) is 37.8 Å². The molecule has 1 amide bonds. The first-order chi connectivity index (χ1) is 11.9. The molecule has 1 N–H and O–H groups in total. The van der Waals surface area contributed by atoms with Gasteiger partial charge in [0.05, 0.1) is 6.54 Å². The average Bonchev–Trinajstić information content (AvgIpc) is 2.57. The summed E-state index contributed by atoms with van der Waals surface area (Å²) in [4.78, 5) is 16.2. The Kier molecular flexibility index (Phi) is 6.85. The van der Waals surface area contributed by atoms with Gasteiger partial charge in [0.2, 0.25) is 5.91 Å². The van der Waals surface area contributed by atoms with Crippen LogP contribution in [0.4, 0.5) is 0 Å². The molecule has 5 heteroatoms. The van der Waals surface area contributed by atoms with Gasteiger partial charge in [0.25, 0.3) is 0 Å². The highest BCUT2D eigenvalue weighted by Gasteiger charge is 2.35. The maximum atomic E-state index is 12.3. The Morgan fingerprint density at radius 1 is 1.28 bits per heavy atom. The van der Waals surface area contributed by atoms with Crippen LogP contribution < -0.4 is 4.74 Å². The number of rotatable bonds is 7. The van der Waals surface area contributed by atoms with Crippen LogP contribution in [-0.2, 0) is 4.79 Å². The standard InChI is InChI=1S/C20H32N2O3/c1-5-22(6-2)19(23)13-21-11-7-10-20(24,14-21)15-25-18-9-8-16(3)17(4)12-18/h8-9,12,24H,5-7,10-11,13-15H2,1-4H3. The molecule has 0 bridgehead atoms. The molecule has 0 radical (unpaired) electrons. The number of aliphatic hydroxyl groups is 1. The second-order valence-corrected chi connectivity index (χ2v) is 7.14. The van der Waals surface area contributed by atoms with Gasteiger partial charge in [0, 0.05) is 19.6 Å². The van der Waals surface area contributed by atoms with Crippen LogP contribution in [0.3, 0.4) is 0 Å².